The highest BCUT2D eigenvalue weighted by Gasteiger charge is 2.19. The minimum Gasteiger partial charge on any atom is -0.497 e. The summed E-state index contributed by atoms with van der Waals surface area (Å²) in [4.78, 5) is 0. The average Bonchev–Trinajstić information content (AvgIpc) is 2.65. The van der Waals surface area contributed by atoms with Gasteiger partial charge in [0.15, 0.2) is 0 Å². The first kappa shape index (κ1) is 23.1. The first-order chi connectivity index (χ1) is 12.4. The molecule has 0 radical (unpaired) electrons. The summed E-state index contributed by atoms with van der Waals surface area (Å²) in [6.07, 6.45) is 0.247. The molecule has 0 saturated carbocycles. The number of halogens is 1. The number of aliphatic hydroxyl groups excluding tert-OH is 1. The van der Waals surface area contributed by atoms with Crippen LogP contribution >= 0.6 is 12.4 Å². The number of aliphatic hydroxyl groups is 1. The highest BCUT2D eigenvalue weighted by Crippen LogP contribution is 2.19. The Bertz CT molecular complexity index is 676. The Balaban J connectivity index is 0.00000364. The molecule has 0 fully saturated rings. The number of methoxy groups -OCH3 is 2. The predicted octanol–water partition coefficient (Wildman–Crippen LogP) is 3.48. The molecule has 0 bridgehead atoms. The maximum atomic E-state index is 10.2. The average molecular weight is 396 g/mol. The number of ether oxygens (including phenoxy) is 3. The Hall–Kier alpha value is -1.95. The molecule has 1 atom stereocenters. The molecule has 27 heavy (non-hydrogen) atoms. The van der Waals surface area contributed by atoms with Gasteiger partial charge in [-0.15, -0.1) is 12.4 Å². The molecule has 0 amide bonds. The molecule has 2 aromatic rings. The van der Waals surface area contributed by atoms with Gasteiger partial charge in [0.1, 0.15) is 30.0 Å². The van der Waals surface area contributed by atoms with Gasteiger partial charge in [0, 0.05) is 18.2 Å². The number of β-amino-alcohol motifs (C(OH)–C–C–N with tert-alkyl or cyclic N) is 1. The first-order valence-corrected chi connectivity index (χ1v) is 8.75. The Labute approximate surface area is 168 Å². The molecular weight excluding hydrogens is 366 g/mol. The van der Waals surface area contributed by atoms with E-state index in [4.69, 9.17) is 14.2 Å². The maximum absolute atomic E-state index is 10.2. The van der Waals surface area contributed by atoms with Crippen molar-refractivity contribution >= 4 is 12.4 Å². The van der Waals surface area contributed by atoms with Crippen LogP contribution in [-0.2, 0) is 6.42 Å². The summed E-state index contributed by atoms with van der Waals surface area (Å²) in [5, 5.41) is 13.6. The van der Waals surface area contributed by atoms with Gasteiger partial charge in [-0.2, -0.15) is 0 Å². The third kappa shape index (κ3) is 8.08. The van der Waals surface area contributed by atoms with Crippen molar-refractivity contribution in [2.45, 2.75) is 31.9 Å². The van der Waals surface area contributed by atoms with E-state index in [1.807, 2.05) is 30.3 Å². The van der Waals surface area contributed by atoms with Crippen molar-refractivity contribution in [3.05, 3.63) is 54.1 Å². The van der Waals surface area contributed by atoms with Crippen molar-refractivity contribution in [1.29, 1.82) is 0 Å². The lowest BCUT2D eigenvalue weighted by Gasteiger charge is -2.28. The van der Waals surface area contributed by atoms with Gasteiger partial charge in [-0.05, 0) is 50.1 Å². The van der Waals surface area contributed by atoms with Crippen LogP contribution in [0.15, 0.2) is 48.5 Å². The fraction of sp³-hybridized carbons (Fsp3) is 0.429. The standard InChI is InChI=1S/C21H29NO4.ClH/c1-21(2,13-16-8-10-18(24-3)11-9-16)22-14-17(23)15-26-20-7-5-6-19(12-20)25-4;/h5-12,17,22-23H,13-15H2,1-4H3;1H. The molecule has 0 aromatic heterocycles. The smallest absolute Gasteiger partial charge is 0.123 e. The zero-order chi connectivity index (χ0) is 19.0. The van der Waals surface area contributed by atoms with E-state index in [0.717, 1.165) is 17.9 Å². The van der Waals surface area contributed by atoms with Gasteiger partial charge < -0.3 is 24.6 Å². The van der Waals surface area contributed by atoms with E-state index < -0.39 is 6.10 Å². The molecule has 150 valence electrons. The summed E-state index contributed by atoms with van der Waals surface area (Å²) in [6.45, 7) is 4.91. The number of rotatable bonds is 10. The summed E-state index contributed by atoms with van der Waals surface area (Å²) in [6, 6.07) is 15.4. The van der Waals surface area contributed by atoms with Gasteiger partial charge >= 0.3 is 0 Å². The topological polar surface area (TPSA) is 60.0 Å². The molecular formula is C21H30ClNO4. The van der Waals surface area contributed by atoms with E-state index in [1.165, 1.54) is 5.56 Å². The van der Waals surface area contributed by atoms with Crippen LogP contribution < -0.4 is 19.5 Å². The number of hydrogen-bond acceptors (Lipinski definition) is 5. The molecule has 0 spiro atoms. The van der Waals surface area contributed by atoms with Crippen LogP contribution in [0.2, 0.25) is 0 Å². The van der Waals surface area contributed by atoms with Gasteiger partial charge in [0.05, 0.1) is 14.2 Å². The lowest BCUT2D eigenvalue weighted by atomic mass is 9.94. The molecule has 2 rings (SSSR count). The minimum atomic E-state index is -0.601. The van der Waals surface area contributed by atoms with Crippen molar-refractivity contribution in [1.82, 2.24) is 5.32 Å². The summed E-state index contributed by atoms with van der Waals surface area (Å²) in [5.41, 5.74) is 1.07. The molecule has 5 nitrogen and oxygen atoms in total. The van der Waals surface area contributed by atoms with Crippen molar-refractivity contribution in [3.63, 3.8) is 0 Å². The predicted molar refractivity (Wildman–Crippen MR) is 111 cm³/mol. The third-order valence-corrected chi connectivity index (χ3v) is 4.10. The zero-order valence-corrected chi connectivity index (χ0v) is 17.2. The number of nitrogens with one attached hydrogen (secondary N) is 1. The van der Waals surface area contributed by atoms with E-state index >= 15 is 0 Å². The monoisotopic (exact) mass is 395 g/mol. The maximum Gasteiger partial charge on any atom is 0.123 e. The van der Waals surface area contributed by atoms with E-state index in [9.17, 15) is 5.11 Å². The molecule has 0 aliphatic rings. The third-order valence-electron chi connectivity index (χ3n) is 4.10. The fourth-order valence-corrected chi connectivity index (χ4v) is 2.65. The van der Waals surface area contributed by atoms with Gasteiger partial charge in [-0.25, -0.2) is 0 Å². The fourth-order valence-electron chi connectivity index (χ4n) is 2.65. The van der Waals surface area contributed by atoms with Crippen LogP contribution in [0.1, 0.15) is 19.4 Å². The highest BCUT2D eigenvalue weighted by atomic mass is 35.5. The first-order valence-electron chi connectivity index (χ1n) is 8.75. The van der Waals surface area contributed by atoms with Crippen molar-refractivity contribution in [3.8, 4) is 17.2 Å². The molecule has 6 heteroatoms. The summed E-state index contributed by atoms with van der Waals surface area (Å²) >= 11 is 0. The second-order valence-corrected chi connectivity index (χ2v) is 6.93. The van der Waals surface area contributed by atoms with Gasteiger partial charge in [-0.1, -0.05) is 18.2 Å². The van der Waals surface area contributed by atoms with Gasteiger partial charge in [0.25, 0.3) is 0 Å². The van der Waals surface area contributed by atoms with E-state index in [1.54, 1.807) is 20.3 Å². The zero-order valence-electron chi connectivity index (χ0n) is 16.4. The van der Waals surface area contributed by atoms with Crippen molar-refractivity contribution < 1.29 is 19.3 Å². The Morgan fingerprint density at radius 1 is 0.963 bits per heavy atom. The number of benzene rings is 2. The molecule has 2 N–H and O–H groups in total. The van der Waals surface area contributed by atoms with E-state index in [2.05, 4.69) is 31.3 Å². The Kier molecular flexibility index (Phi) is 9.43. The summed E-state index contributed by atoms with van der Waals surface area (Å²) in [5.74, 6) is 2.27. The van der Waals surface area contributed by atoms with Crippen molar-refractivity contribution in [2.24, 2.45) is 0 Å². The van der Waals surface area contributed by atoms with E-state index in [0.29, 0.717) is 12.3 Å². The molecule has 0 heterocycles. The van der Waals surface area contributed by atoms with Gasteiger partial charge in [0.2, 0.25) is 0 Å². The molecule has 0 saturated heterocycles. The minimum absolute atomic E-state index is 0. The largest absolute Gasteiger partial charge is 0.497 e. The summed E-state index contributed by atoms with van der Waals surface area (Å²) in [7, 11) is 3.28. The normalized spacial score (nSPS) is 12.0. The Morgan fingerprint density at radius 2 is 1.59 bits per heavy atom. The lowest BCUT2D eigenvalue weighted by Crippen LogP contribution is -2.46. The molecule has 1 unspecified atom stereocenters. The molecule has 0 aliphatic heterocycles. The van der Waals surface area contributed by atoms with Crippen LogP contribution in [0.5, 0.6) is 17.2 Å². The van der Waals surface area contributed by atoms with Crippen LogP contribution in [-0.4, -0.2) is 44.1 Å². The highest BCUT2D eigenvalue weighted by molar-refractivity contribution is 5.85. The Morgan fingerprint density at radius 3 is 2.22 bits per heavy atom. The van der Waals surface area contributed by atoms with Crippen LogP contribution in [0.25, 0.3) is 0 Å². The van der Waals surface area contributed by atoms with Crippen molar-refractivity contribution in [2.75, 3.05) is 27.4 Å². The summed E-state index contributed by atoms with van der Waals surface area (Å²) < 4.78 is 16.0. The number of hydrogen-bond donors (Lipinski definition) is 2. The SMILES string of the molecule is COc1ccc(CC(C)(C)NCC(O)COc2cccc(OC)c2)cc1.Cl. The van der Waals surface area contributed by atoms with Crippen LogP contribution in [0, 0.1) is 0 Å². The lowest BCUT2D eigenvalue weighted by molar-refractivity contribution is 0.0987. The van der Waals surface area contributed by atoms with Crippen LogP contribution in [0.4, 0.5) is 0 Å². The second kappa shape index (κ2) is 11.0. The molecule has 0 aliphatic carbocycles. The van der Waals surface area contributed by atoms with E-state index in [-0.39, 0.29) is 24.6 Å². The second-order valence-electron chi connectivity index (χ2n) is 6.93. The molecule has 2 aromatic carbocycles. The van der Waals surface area contributed by atoms with Gasteiger partial charge in [-0.3, -0.25) is 0 Å². The van der Waals surface area contributed by atoms with Crippen LogP contribution in [0.3, 0.4) is 0 Å². The quantitative estimate of drug-likeness (QED) is 0.645.